The van der Waals surface area contributed by atoms with Crippen molar-refractivity contribution in [1.29, 1.82) is 0 Å². The van der Waals surface area contributed by atoms with Crippen LogP contribution in [-0.4, -0.2) is 18.5 Å². The molecule has 1 fully saturated rings. The Kier molecular flexibility index (Phi) is 7.65. The molecule has 1 atom stereocenters. The predicted molar refractivity (Wildman–Crippen MR) is 68.3 cm³/mol. The zero-order valence-electron chi connectivity index (χ0n) is 11.3. The van der Waals surface area contributed by atoms with Crippen LogP contribution in [0.3, 0.4) is 0 Å². The van der Waals surface area contributed by atoms with Gasteiger partial charge in [0.2, 0.25) is 0 Å². The Labute approximate surface area is 100 Å². The zero-order chi connectivity index (χ0) is 12.6. The molecule has 96 valence electrons. The van der Waals surface area contributed by atoms with Crippen molar-refractivity contribution in [2.75, 3.05) is 7.11 Å². The molecule has 0 radical (unpaired) electrons. The van der Waals surface area contributed by atoms with Gasteiger partial charge in [-0.05, 0) is 31.1 Å². The van der Waals surface area contributed by atoms with Crippen LogP contribution in [0.5, 0.6) is 0 Å². The minimum Gasteiger partial charge on any atom is -0.400 e. The molecule has 0 aliphatic heterocycles. The summed E-state index contributed by atoms with van der Waals surface area (Å²) in [6.07, 6.45) is 8.83. The summed E-state index contributed by atoms with van der Waals surface area (Å²) in [4.78, 5) is 11.3. The number of aliphatic hydroxyl groups excluding tert-OH is 1. The molecule has 0 amide bonds. The standard InChI is InChI=1S/C13H24O.CH4O/c1-11(2)9-13(3,10-14)12-7-5-4-6-8-12;1-2/h10-12H,4-9H2,1-3H3;2H,1H3. The van der Waals surface area contributed by atoms with Crippen molar-refractivity contribution in [1.82, 2.24) is 0 Å². The summed E-state index contributed by atoms with van der Waals surface area (Å²) >= 11 is 0. The van der Waals surface area contributed by atoms with E-state index in [-0.39, 0.29) is 5.41 Å². The largest absolute Gasteiger partial charge is 0.400 e. The fourth-order valence-corrected chi connectivity index (χ4v) is 2.95. The molecule has 0 aromatic heterocycles. The van der Waals surface area contributed by atoms with E-state index in [1.807, 2.05) is 0 Å². The summed E-state index contributed by atoms with van der Waals surface area (Å²) < 4.78 is 0. The number of carbonyl (C=O) groups is 1. The van der Waals surface area contributed by atoms with Gasteiger partial charge >= 0.3 is 0 Å². The van der Waals surface area contributed by atoms with E-state index in [2.05, 4.69) is 20.8 Å². The minimum atomic E-state index is -0.0470. The Balaban J connectivity index is 0.00000106. The minimum absolute atomic E-state index is 0.0470. The molecule has 2 heteroatoms. The van der Waals surface area contributed by atoms with Crippen LogP contribution < -0.4 is 0 Å². The van der Waals surface area contributed by atoms with Gasteiger partial charge in [-0.1, -0.05) is 40.0 Å². The third-order valence-corrected chi connectivity index (χ3v) is 3.66. The van der Waals surface area contributed by atoms with Gasteiger partial charge in [-0.3, -0.25) is 0 Å². The molecule has 2 nitrogen and oxygen atoms in total. The number of hydrogen-bond acceptors (Lipinski definition) is 2. The van der Waals surface area contributed by atoms with Gasteiger partial charge in [0, 0.05) is 12.5 Å². The molecule has 0 saturated heterocycles. The van der Waals surface area contributed by atoms with Gasteiger partial charge in [-0.15, -0.1) is 0 Å². The van der Waals surface area contributed by atoms with Crippen molar-refractivity contribution in [2.24, 2.45) is 17.3 Å². The van der Waals surface area contributed by atoms with E-state index >= 15 is 0 Å². The molecule has 0 aromatic rings. The second kappa shape index (κ2) is 7.83. The Morgan fingerprint density at radius 1 is 1.25 bits per heavy atom. The van der Waals surface area contributed by atoms with E-state index in [1.54, 1.807) is 0 Å². The Morgan fingerprint density at radius 3 is 2.12 bits per heavy atom. The Hall–Kier alpha value is -0.370. The first-order valence-corrected chi connectivity index (χ1v) is 6.49. The molecule has 1 aliphatic rings. The Bertz CT molecular complexity index is 183. The molecule has 0 aromatic carbocycles. The van der Waals surface area contributed by atoms with Gasteiger partial charge in [0.15, 0.2) is 0 Å². The molecule has 1 saturated carbocycles. The molecular formula is C14H28O2. The average molecular weight is 228 g/mol. The maximum atomic E-state index is 11.3. The quantitative estimate of drug-likeness (QED) is 0.749. The van der Waals surface area contributed by atoms with E-state index in [0.717, 1.165) is 13.5 Å². The summed E-state index contributed by atoms with van der Waals surface area (Å²) in [6, 6.07) is 0. The van der Waals surface area contributed by atoms with Crippen molar-refractivity contribution >= 4 is 6.29 Å². The molecule has 0 heterocycles. The van der Waals surface area contributed by atoms with Crippen LogP contribution in [0.1, 0.15) is 59.3 Å². The summed E-state index contributed by atoms with van der Waals surface area (Å²) in [5.74, 6) is 1.28. The van der Waals surface area contributed by atoms with E-state index in [1.165, 1.54) is 38.4 Å². The van der Waals surface area contributed by atoms with Gasteiger partial charge in [-0.25, -0.2) is 0 Å². The summed E-state index contributed by atoms with van der Waals surface area (Å²) in [6.45, 7) is 6.59. The van der Waals surface area contributed by atoms with Crippen LogP contribution in [0.4, 0.5) is 0 Å². The molecule has 0 bridgehead atoms. The SMILES string of the molecule is CC(C)CC(C)(C=O)C1CCCCC1.CO. The lowest BCUT2D eigenvalue weighted by molar-refractivity contribution is -0.119. The van der Waals surface area contributed by atoms with Crippen molar-refractivity contribution < 1.29 is 9.90 Å². The zero-order valence-corrected chi connectivity index (χ0v) is 11.3. The van der Waals surface area contributed by atoms with Gasteiger partial charge in [0.05, 0.1) is 0 Å². The van der Waals surface area contributed by atoms with Gasteiger partial charge < -0.3 is 9.90 Å². The normalized spacial score (nSPS) is 20.9. The molecule has 1 aliphatic carbocycles. The van der Waals surface area contributed by atoms with Crippen molar-refractivity contribution in [3.05, 3.63) is 0 Å². The first-order valence-electron chi connectivity index (χ1n) is 6.49. The molecule has 16 heavy (non-hydrogen) atoms. The summed E-state index contributed by atoms with van der Waals surface area (Å²) in [7, 11) is 1.00. The number of aliphatic hydroxyl groups is 1. The third kappa shape index (κ3) is 4.65. The maximum Gasteiger partial charge on any atom is 0.126 e. The molecular weight excluding hydrogens is 200 g/mol. The Morgan fingerprint density at radius 2 is 1.75 bits per heavy atom. The van der Waals surface area contributed by atoms with Gasteiger partial charge in [0.1, 0.15) is 6.29 Å². The molecule has 1 rings (SSSR count). The first-order chi connectivity index (χ1) is 7.58. The van der Waals surface area contributed by atoms with Crippen molar-refractivity contribution in [3.8, 4) is 0 Å². The lowest BCUT2D eigenvalue weighted by atomic mass is 9.67. The number of rotatable bonds is 4. The molecule has 0 spiro atoms. The highest BCUT2D eigenvalue weighted by molar-refractivity contribution is 5.59. The number of carbonyl (C=O) groups excluding carboxylic acids is 1. The average Bonchev–Trinajstić information content (AvgIpc) is 2.32. The van der Waals surface area contributed by atoms with Crippen LogP contribution in [-0.2, 0) is 4.79 Å². The van der Waals surface area contributed by atoms with Gasteiger partial charge in [-0.2, -0.15) is 0 Å². The van der Waals surface area contributed by atoms with Crippen molar-refractivity contribution in [3.63, 3.8) is 0 Å². The van der Waals surface area contributed by atoms with E-state index in [9.17, 15) is 4.79 Å². The lowest BCUT2D eigenvalue weighted by Crippen LogP contribution is -2.32. The third-order valence-electron chi connectivity index (χ3n) is 3.66. The first kappa shape index (κ1) is 15.6. The maximum absolute atomic E-state index is 11.3. The van der Waals surface area contributed by atoms with E-state index < -0.39 is 0 Å². The second-order valence-electron chi connectivity index (χ2n) is 5.56. The van der Waals surface area contributed by atoms with Crippen LogP contribution in [0, 0.1) is 17.3 Å². The monoisotopic (exact) mass is 228 g/mol. The topological polar surface area (TPSA) is 37.3 Å². The smallest absolute Gasteiger partial charge is 0.126 e. The summed E-state index contributed by atoms with van der Waals surface area (Å²) in [5.41, 5.74) is -0.0470. The van der Waals surface area contributed by atoms with Crippen molar-refractivity contribution in [2.45, 2.75) is 59.3 Å². The van der Waals surface area contributed by atoms with E-state index in [4.69, 9.17) is 5.11 Å². The fraction of sp³-hybridized carbons (Fsp3) is 0.929. The second-order valence-corrected chi connectivity index (χ2v) is 5.56. The highest BCUT2D eigenvalue weighted by atomic mass is 16.2. The van der Waals surface area contributed by atoms with Crippen LogP contribution >= 0.6 is 0 Å². The lowest BCUT2D eigenvalue weighted by Gasteiger charge is -2.36. The van der Waals surface area contributed by atoms with Crippen LogP contribution in [0.2, 0.25) is 0 Å². The summed E-state index contributed by atoms with van der Waals surface area (Å²) in [5, 5.41) is 7.00. The van der Waals surface area contributed by atoms with E-state index in [0.29, 0.717) is 11.8 Å². The number of hydrogen-bond donors (Lipinski definition) is 1. The van der Waals surface area contributed by atoms with Crippen LogP contribution in [0.25, 0.3) is 0 Å². The highest BCUT2D eigenvalue weighted by Crippen LogP contribution is 2.41. The predicted octanol–water partition coefficient (Wildman–Crippen LogP) is 3.43. The number of aldehydes is 1. The molecule has 1 N–H and O–H groups in total. The van der Waals surface area contributed by atoms with Gasteiger partial charge in [0.25, 0.3) is 0 Å². The highest BCUT2D eigenvalue weighted by Gasteiger charge is 2.34. The van der Waals surface area contributed by atoms with Crippen LogP contribution in [0.15, 0.2) is 0 Å². The molecule has 1 unspecified atom stereocenters. The fourth-order valence-electron chi connectivity index (χ4n) is 2.95.